The largest absolute Gasteiger partial charge is 0.384 e. The summed E-state index contributed by atoms with van der Waals surface area (Å²) in [6.45, 7) is 3.45. The molecule has 0 fully saturated rings. The summed E-state index contributed by atoms with van der Waals surface area (Å²) in [5.41, 5.74) is 6.78. The molecule has 0 atom stereocenters. The number of carbonyl (C=O) groups excluding carboxylic acids is 1. The minimum Gasteiger partial charge on any atom is -0.384 e. The van der Waals surface area contributed by atoms with E-state index in [0.29, 0.717) is 0 Å². The van der Waals surface area contributed by atoms with E-state index >= 15 is 0 Å². The highest BCUT2D eigenvalue weighted by Gasteiger charge is 2.22. The van der Waals surface area contributed by atoms with E-state index in [0.717, 1.165) is 55.0 Å². The summed E-state index contributed by atoms with van der Waals surface area (Å²) in [4.78, 5) is 18.3. The number of rotatable bonds is 1. The van der Waals surface area contributed by atoms with Crippen molar-refractivity contribution < 1.29 is 4.79 Å². The second kappa shape index (κ2) is 5.13. The van der Waals surface area contributed by atoms with Crippen LogP contribution in [0.15, 0.2) is 30.3 Å². The predicted molar refractivity (Wildman–Crippen MR) is 88.2 cm³/mol. The Labute approximate surface area is 130 Å². The van der Waals surface area contributed by atoms with Crippen LogP contribution in [-0.2, 0) is 17.6 Å². The van der Waals surface area contributed by atoms with Crippen LogP contribution in [0.1, 0.15) is 24.6 Å². The average molecular weight is 293 g/mol. The quantitative estimate of drug-likeness (QED) is 0.879. The summed E-state index contributed by atoms with van der Waals surface area (Å²) < 4.78 is 0. The van der Waals surface area contributed by atoms with Crippen LogP contribution in [0.2, 0.25) is 0 Å². The standard InChI is InChI=1S/C18H19N3O/c1-12(22)21-10-8-14-11-13(4-7-18(14)21)15-5-6-16-17(20-15)3-2-9-19-16/h4-7,11,19H,2-3,8-10H2,1H3. The highest BCUT2D eigenvalue weighted by molar-refractivity contribution is 5.94. The fraction of sp³-hybridized carbons (Fsp3) is 0.333. The molecule has 3 heterocycles. The molecule has 2 aliphatic rings. The first-order valence-corrected chi connectivity index (χ1v) is 7.87. The first kappa shape index (κ1) is 13.3. The minimum atomic E-state index is 0.115. The van der Waals surface area contributed by atoms with Crippen molar-refractivity contribution in [2.75, 3.05) is 23.3 Å². The molecule has 112 valence electrons. The molecular formula is C18H19N3O. The third-order valence-electron chi connectivity index (χ3n) is 4.53. The Hall–Kier alpha value is -2.36. The van der Waals surface area contributed by atoms with Gasteiger partial charge in [0, 0.05) is 31.3 Å². The molecule has 0 unspecified atom stereocenters. The summed E-state index contributed by atoms with van der Waals surface area (Å²) in [5.74, 6) is 0.115. The second-order valence-corrected chi connectivity index (χ2v) is 5.99. The Morgan fingerprint density at radius 1 is 1.23 bits per heavy atom. The maximum absolute atomic E-state index is 11.6. The molecule has 0 saturated heterocycles. The number of aromatic nitrogens is 1. The van der Waals surface area contributed by atoms with Crippen LogP contribution in [0.4, 0.5) is 11.4 Å². The molecule has 0 aliphatic carbocycles. The fourth-order valence-electron chi connectivity index (χ4n) is 3.38. The van der Waals surface area contributed by atoms with Gasteiger partial charge >= 0.3 is 0 Å². The number of anilines is 2. The SMILES string of the molecule is CC(=O)N1CCc2cc(-c3ccc4c(n3)CCCN4)ccc21. The van der Waals surface area contributed by atoms with Crippen LogP contribution in [0, 0.1) is 0 Å². The van der Waals surface area contributed by atoms with Crippen molar-refractivity contribution in [1.29, 1.82) is 0 Å². The number of fused-ring (bicyclic) bond motifs is 2. The van der Waals surface area contributed by atoms with Gasteiger partial charge in [0.2, 0.25) is 5.91 Å². The molecule has 1 amide bonds. The zero-order valence-electron chi connectivity index (χ0n) is 12.7. The number of aryl methyl sites for hydroxylation is 1. The Bertz CT molecular complexity index is 754. The number of hydrogen-bond acceptors (Lipinski definition) is 3. The average Bonchev–Trinajstić information content (AvgIpc) is 2.97. The molecule has 0 bridgehead atoms. The first-order valence-electron chi connectivity index (χ1n) is 7.87. The Kier molecular flexibility index (Phi) is 3.10. The van der Waals surface area contributed by atoms with Crippen molar-refractivity contribution in [2.45, 2.75) is 26.2 Å². The summed E-state index contributed by atoms with van der Waals surface area (Å²) >= 11 is 0. The number of nitrogens with one attached hydrogen (secondary N) is 1. The fourth-order valence-corrected chi connectivity index (χ4v) is 3.38. The molecule has 4 heteroatoms. The molecular weight excluding hydrogens is 274 g/mol. The summed E-state index contributed by atoms with van der Waals surface area (Å²) in [5, 5.41) is 3.39. The van der Waals surface area contributed by atoms with Gasteiger partial charge in [-0.05, 0) is 49.1 Å². The van der Waals surface area contributed by atoms with E-state index in [4.69, 9.17) is 4.98 Å². The van der Waals surface area contributed by atoms with Crippen molar-refractivity contribution in [1.82, 2.24) is 4.98 Å². The van der Waals surface area contributed by atoms with Gasteiger partial charge in [-0.25, -0.2) is 0 Å². The summed E-state index contributed by atoms with van der Waals surface area (Å²) in [7, 11) is 0. The van der Waals surface area contributed by atoms with Gasteiger partial charge in [0.1, 0.15) is 0 Å². The number of pyridine rings is 1. The lowest BCUT2D eigenvalue weighted by Crippen LogP contribution is -2.25. The van der Waals surface area contributed by atoms with E-state index < -0.39 is 0 Å². The van der Waals surface area contributed by atoms with Gasteiger partial charge in [-0.3, -0.25) is 9.78 Å². The normalized spacial score (nSPS) is 16.0. The number of hydrogen-bond donors (Lipinski definition) is 1. The second-order valence-electron chi connectivity index (χ2n) is 5.99. The molecule has 0 spiro atoms. The van der Waals surface area contributed by atoms with E-state index in [-0.39, 0.29) is 5.91 Å². The van der Waals surface area contributed by atoms with Crippen molar-refractivity contribution in [3.8, 4) is 11.3 Å². The maximum atomic E-state index is 11.6. The van der Waals surface area contributed by atoms with Crippen LogP contribution in [0.25, 0.3) is 11.3 Å². The summed E-state index contributed by atoms with van der Waals surface area (Å²) in [6.07, 6.45) is 3.11. The van der Waals surface area contributed by atoms with Crippen molar-refractivity contribution in [3.05, 3.63) is 41.6 Å². The van der Waals surface area contributed by atoms with Crippen LogP contribution in [0.3, 0.4) is 0 Å². The lowest BCUT2D eigenvalue weighted by molar-refractivity contribution is -0.116. The molecule has 22 heavy (non-hydrogen) atoms. The zero-order chi connectivity index (χ0) is 15.1. The lowest BCUT2D eigenvalue weighted by Gasteiger charge is -2.18. The van der Waals surface area contributed by atoms with E-state index in [2.05, 4.69) is 35.6 Å². The van der Waals surface area contributed by atoms with Crippen LogP contribution in [0.5, 0.6) is 0 Å². The molecule has 4 rings (SSSR count). The predicted octanol–water partition coefficient (Wildman–Crippen LogP) is 3.02. The highest BCUT2D eigenvalue weighted by atomic mass is 16.2. The van der Waals surface area contributed by atoms with E-state index in [1.54, 1.807) is 6.92 Å². The topological polar surface area (TPSA) is 45.2 Å². The molecule has 0 radical (unpaired) electrons. The minimum absolute atomic E-state index is 0.115. The molecule has 0 saturated carbocycles. The molecule has 2 aromatic rings. The van der Waals surface area contributed by atoms with Crippen molar-refractivity contribution in [2.24, 2.45) is 0 Å². The molecule has 1 N–H and O–H groups in total. The van der Waals surface area contributed by atoms with Gasteiger partial charge in [-0.1, -0.05) is 6.07 Å². The van der Waals surface area contributed by atoms with Crippen LogP contribution in [-0.4, -0.2) is 24.0 Å². The number of carbonyl (C=O) groups is 1. The highest BCUT2D eigenvalue weighted by Crippen LogP contribution is 2.33. The number of benzene rings is 1. The third kappa shape index (κ3) is 2.15. The number of nitrogens with zero attached hydrogens (tertiary/aromatic N) is 2. The zero-order valence-corrected chi connectivity index (χ0v) is 12.7. The molecule has 2 aliphatic heterocycles. The first-order chi connectivity index (χ1) is 10.7. The van der Waals surface area contributed by atoms with E-state index in [1.165, 1.54) is 11.3 Å². The van der Waals surface area contributed by atoms with Crippen molar-refractivity contribution >= 4 is 17.3 Å². The van der Waals surface area contributed by atoms with Gasteiger partial charge < -0.3 is 10.2 Å². The number of amides is 1. The van der Waals surface area contributed by atoms with Gasteiger partial charge in [0.25, 0.3) is 0 Å². The third-order valence-corrected chi connectivity index (χ3v) is 4.53. The maximum Gasteiger partial charge on any atom is 0.223 e. The van der Waals surface area contributed by atoms with Crippen LogP contribution < -0.4 is 10.2 Å². The Morgan fingerprint density at radius 3 is 3.00 bits per heavy atom. The van der Waals surface area contributed by atoms with Crippen molar-refractivity contribution in [3.63, 3.8) is 0 Å². The molecule has 1 aromatic carbocycles. The Morgan fingerprint density at radius 2 is 2.14 bits per heavy atom. The van der Waals surface area contributed by atoms with Gasteiger partial charge in [-0.2, -0.15) is 0 Å². The summed E-state index contributed by atoms with van der Waals surface area (Å²) in [6, 6.07) is 10.5. The lowest BCUT2D eigenvalue weighted by atomic mass is 10.0. The van der Waals surface area contributed by atoms with E-state index in [9.17, 15) is 4.79 Å². The van der Waals surface area contributed by atoms with Gasteiger partial charge in [0.15, 0.2) is 0 Å². The van der Waals surface area contributed by atoms with Gasteiger partial charge in [0.05, 0.1) is 17.1 Å². The smallest absolute Gasteiger partial charge is 0.223 e. The van der Waals surface area contributed by atoms with E-state index in [1.807, 2.05) is 4.90 Å². The monoisotopic (exact) mass is 293 g/mol. The Balaban J connectivity index is 1.71. The molecule has 4 nitrogen and oxygen atoms in total. The van der Waals surface area contributed by atoms with Gasteiger partial charge in [-0.15, -0.1) is 0 Å². The molecule has 1 aromatic heterocycles. The van der Waals surface area contributed by atoms with Crippen LogP contribution >= 0.6 is 0 Å².